The van der Waals surface area contributed by atoms with Crippen LogP contribution in [0.5, 0.6) is 0 Å². The van der Waals surface area contributed by atoms with Gasteiger partial charge in [0.1, 0.15) is 5.58 Å². The first-order valence-electron chi connectivity index (χ1n) is 11.8. The van der Waals surface area contributed by atoms with Gasteiger partial charge in [0, 0.05) is 37.9 Å². The maximum absolute atomic E-state index is 6.16. The van der Waals surface area contributed by atoms with Crippen LogP contribution in [-0.4, -0.2) is 9.97 Å². The van der Waals surface area contributed by atoms with E-state index in [-0.39, 0.29) is 20.1 Å². The number of furan rings is 1. The molecule has 1 radical (unpaired) electrons. The van der Waals surface area contributed by atoms with Crippen molar-refractivity contribution >= 4 is 21.9 Å². The van der Waals surface area contributed by atoms with Gasteiger partial charge in [-0.25, -0.2) is 0 Å². The van der Waals surface area contributed by atoms with E-state index >= 15 is 0 Å². The fourth-order valence-corrected chi connectivity index (χ4v) is 4.18. The van der Waals surface area contributed by atoms with Crippen LogP contribution in [0.3, 0.4) is 0 Å². The monoisotopic (exact) mass is 647 g/mol. The van der Waals surface area contributed by atoms with Gasteiger partial charge in [0.2, 0.25) is 0 Å². The molecule has 0 atom stereocenters. The van der Waals surface area contributed by atoms with Crippen LogP contribution in [0.25, 0.3) is 44.5 Å². The molecule has 181 valence electrons. The second kappa shape index (κ2) is 11.4. The molecule has 3 aromatic carbocycles. The number of nitrogens with zero attached hydrogens (tertiary/aromatic N) is 2. The van der Waals surface area contributed by atoms with E-state index in [1.807, 2.05) is 60.7 Å². The van der Waals surface area contributed by atoms with E-state index in [0.29, 0.717) is 5.92 Å². The van der Waals surface area contributed by atoms with E-state index in [4.69, 9.17) is 4.42 Å². The van der Waals surface area contributed by atoms with Gasteiger partial charge in [0.15, 0.2) is 0 Å². The summed E-state index contributed by atoms with van der Waals surface area (Å²) in [6, 6.07) is 34.6. The Morgan fingerprint density at radius 3 is 2.17 bits per heavy atom. The molecule has 0 saturated carbocycles. The standard InChI is InChI=1S/C20H16NO.C12H10N.Ir/c1-13(2)14-7-6-11-18-19(14)16-9-5-8-15(20(16)22-18)17-10-3-4-12-21-17;1-10-5-7-11(8-6-10)12-4-2-3-9-13-12;/h3-7,9-13H,1-2H3;2-7,9H,1H3;/q2*-1;. The Morgan fingerprint density at radius 1 is 0.778 bits per heavy atom. The van der Waals surface area contributed by atoms with Crippen molar-refractivity contribution in [1.82, 2.24) is 9.97 Å². The minimum atomic E-state index is 0. The van der Waals surface area contributed by atoms with Crippen molar-refractivity contribution in [1.29, 1.82) is 0 Å². The fourth-order valence-electron chi connectivity index (χ4n) is 4.18. The van der Waals surface area contributed by atoms with E-state index < -0.39 is 0 Å². The third-order valence-corrected chi connectivity index (χ3v) is 5.94. The summed E-state index contributed by atoms with van der Waals surface area (Å²) in [5.41, 5.74) is 8.16. The third-order valence-electron chi connectivity index (χ3n) is 5.94. The zero-order valence-electron chi connectivity index (χ0n) is 20.5. The molecule has 6 rings (SSSR count). The second-order valence-electron chi connectivity index (χ2n) is 8.78. The molecule has 4 heteroatoms. The first kappa shape index (κ1) is 25.5. The molecule has 0 N–H and O–H groups in total. The molecular formula is C32H26IrN2O-2. The largest absolute Gasteiger partial charge is 0.501 e. The smallest absolute Gasteiger partial charge is 0.121 e. The molecule has 0 aliphatic carbocycles. The summed E-state index contributed by atoms with van der Waals surface area (Å²) in [4.78, 5) is 8.68. The van der Waals surface area contributed by atoms with E-state index in [9.17, 15) is 0 Å². The van der Waals surface area contributed by atoms with E-state index in [1.165, 1.54) is 16.5 Å². The molecule has 0 saturated heterocycles. The number of fused-ring (bicyclic) bond motifs is 3. The van der Waals surface area contributed by atoms with Gasteiger partial charge in [-0.1, -0.05) is 68.1 Å². The van der Waals surface area contributed by atoms with Crippen molar-refractivity contribution in [2.75, 3.05) is 0 Å². The van der Waals surface area contributed by atoms with Gasteiger partial charge < -0.3 is 14.4 Å². The Morgan fingerprint density at radius 2 is 1.53 bits per heavy atom. The van der Waals surface area contributed by atoms with Crippen LogP contribution in [0, 0.1) is 19.1 Å². The molecule has 6 aromatic rings. The maximum Gasteiger partial charge on any atom is 0.121 e. The number of aromatic nitrogens is 2. The SMILES string of the molecule is CC(C)c1cccc2oc3c(-c4ccccn4)[c-]ccc3c12.Cc1c[c-]c(-c2ccccn2)cc1.[Ir]. The summed E-state index contributed by atoms with van der Waals surface area (Å²) >= 11 is 0. The Labute approximate surface area is 225 Å². The van der Waals surface area contributed by atoms with Crippen molar-refractivity contribution in [3.8, 4) is 22.5 Å². The molecule has 0 bridgehead atoms. The topological polar surface area (TPSA) is 38.9 Å². The molecule has 0 spiro atoms. The van der Waals surface area contributed by atoms with E-state index in [1.54, 1.807) is 12.4 Å². The number of hydrogen-bond donors (Lipinski definition) is 0. The summed E-state index contributed by atoms with van der Waals surface area (Å²) in [7, 11) is 0. The predicted molar refractivity (Wildman–Crippen MR) is 143 cm³/mol. The van der Waals surface area contributed by atoms with Crippen molar-refractivity contribution < 1.29 is 24.5 Å². The van der Waals surface area contributed by atoms with Crippen LogP contribution in [0.2, 0.25) is 0 Å². The normalized spacial score (nSPS) is 10.7. The maximum atomic E-state index is 6.16. The molecule has 3 aromatic heterocycles. The minimum Gasteiger partial charge on any atom is -0.501 e. The Hall–Kier alpha value is -3.59. The van der Waals surface area contributed by atoms with E-state index in [0.717, 1.165) is 39.1 Å². The minimum absolute atomic E-state index is 0. The first-order chi connectivity index (χ1) is 17.1. The fraction of sp³-hybridized carbons (Fsp3) is 0.125. The third kappa shape index (κ3) is 5.31. The van der Waals surface area contributed by atoms with Crippen LogP contribution in [0.15, 0.2) is 102 Å². The average molecular weight is 647 g/mol. The molecule has 0 aliphatic heterocycles. The van der Waals surface area contributed by atoms with Crippen LogP contribution < -0.4 is 0 Å². The number of pyridine rings is 2. The molecular weight excluding hydrogens is 621 g/mol. The zero-order chi connectivity index (χ0) is 24.2. The first-order valence-corrected chi connectivity index (χ1v) is 11.8. The average Bonchev–Trinajstić information content (AvgIpc) is 3.29. The number of hydrogen-bond acceptors (Lipinski definition) is 3. The Kier molecular flexibility index (Phi) is 8.10. The van der Waals surface area contributed by atoms with Crippen LogP contribution >= 0.6 is 0 Å². The summed E-state index contributed by atoms with van der Waals surface area (Å²) in [5.74, 6) is 0.451. The van der Waals surface area contributed by atoms with Gasteiger partial charge >= 0.3 is 0 Å². The Bertz CT molecular complexity index is 1560. The molecule has 0 unspecified atom stereocenters. The van der Waals surface area contributed by atoms with Gasteiger partial charge in [-0.05, 0) is 41.1 Å². The Balaban J connectivity index is 0.000000187. The van der Waals surface area contributed by atoms with Gasteiger partial charge in [0.25, 0.3) is 0 Å². The van der Waals surface area contributed by atoms with Gasteiger partial charge in [-0.3, -0.25) is 0 Å². The molecule has 0 fully saturated rings. The number of aryl methyl sites for hydroxylation is 1. The second-order valence-corrected chi connectivity index (χ2v) is 8.78. The van der Waals surface area contributed by atoms with Crippen molar-refractivity contribution in [2.24, 2.45) is 0 Å². The van der Waals surface area contributed by atoms with Gasteiger partial charge in [-0.2, -0.15) is 0 Å². The zero-order valence-corrected chi connectivity index (χ0v) is 22.8. The van der Waals surface area contributed by atoms with Crippen LogP contribution in [-0.2, 0) is 20.1 Å². The summed E-state index contributed by atoms with van der Waals surface area (Å²) in [5, 5.41) is 2.34. The predicted octanol–water partition coefficient (Wildman–Crippen LogP) is 8.43. The summed E-state index contributed by atoms with van der Waals surface area (Å²) in [6.45, 7) is 6.48. The quantitative estimate of drug-likeness (QED) is 0.181. The molecule has 36 heavy (non-hydrogen) atoms. The molecule has 0 amide bonds. The van der Waals surface area contributed by atoms with E-state index in [2.05, 4.69) is 67.1 Å². The molecule has 0 aliphatic rings. The summed E-state index contributed by atoms with van der Waals surface area (Å²) < 4.78 is 6.16. The summed E-state index contributed by atoms with van der Waals surface area (Å²) in [6.07, 6.45) is 3.59. The molecule has 3 nitrogen and oxygen atoms in total. The van der Waals surface area contributed by atoms with Crippen molar-refractivity contribution in [3.63, 3.8) is 0 Å². The van der Waals surface area contributed by atoms with Gasteiger partial charge in [0.05, 0.1) is 5.58 Å². The van der Waals surface area contributed by atoms with Crippen LogP contribution in [0.1, 0.15) is 30.9 Å². The van der Waals surface area contributed by atoms with Crippen LogP contribution in [0.4, 0.5) is 0 Å². The van der Waals surface area contributed by atoms with Gasteiger partial charge in [-0.15, -0.1) is 53.6 Å². The van der Waals surface area contributed by atoms with Crippen molar-refractivity contribution in [3.05, 3.63) is 121 Å². The number of rotatable bonds is 3. The van der Waals surface area contributed by atoms with Crippen molar-refractivity contribution in [2.45, 2.75) is 26.7 Å². The molecule has 3 heterocycles. The number of benzene rings is 3.